The van der Waals surface area contributed by atoms with Crippen LogP contribution in [-0.4, -0.2) is 24.6 Å². The Balaban J connectivity index is 1.48. The smallest absolute Gasteiger partial charge is 0.231 e. The highest BCUT2D eigenvalue weighted by molar-refractivity contribution is 7.11. The van der Waals surface area contributed by atoms with Crippen molar-refractivity contribution in [3.63, 3.8) is 0 Å². The van der Waals surface area contributed by atoms with Crippen molar-refractivity contribution in [1.29, 1.82) is 0 Å². The molecule has 1 aromatic carbocycles. The topological polar surface area (TPSA) is 52.9 Å². The van der Waals surface area contributed by atoms with Gasteiger partial charge in [-0.3, -0.25) is 0 Å². The second-order valence-corrected chi connectivity index (χ2v) is 5.61. The minimum atomic E-state index is 0.277. The van der Waals surface area contributed by atoms with E-state index in [-0.39, 0.29) is 6.79 Å². The van der Waals surface area contributed by atoms with E-state index in [9.17, 15) is 0 Å². The molecule has 0 amide bonds. The molecule has 2 heterocycles. The Labute approximate surface area is 120 Å². The van der Waals surface area contributed by atoms with Crippen molar-refractivity contribution in [2.24, 2.45) is 5.16 Å². The summed E-state index contributed by atoms with van der Waals surface area (Å²) in [7, 11) is 0. The van der Waals surface area contributed by atoms with Crippen LogP contribution in [0.5, 0.6) is 11.5 Å². The van der Waals surface area contributed by atoms with Crippen molar-refractivity contribution < 1.29 is 14.3 Å². The lowest BCUT2D eigenvalue weighted by molar-refractivity contribution is 0.149. The molecule has 0 spiro atoms. The van der Waals surface area contributed by atoms with Gasteiger partial charge in [-0.05, 0) is 25.1 Å². The largest absolute Gasteiger partial charge is 0.454 e. The number of ether oxygens (including phenoxy) is 2. The molecule has 1 aromatic heterocycles. The molecule has 1 aliphatic heterocycles. The minimum Gasteiger partial charge on any atom is -0.454 e. The van der Waals surface area contributed by atoms with Gasteiger partial charge >= 0.3 is 0 Å². The van der Waals surface area contributed by atoms with Gasteiger partial charge in [0.25, 0.3) is 0 Å². The van der Waals surface area contributed by atoms with Crippen molar-refractivity contribution in [3.8, 4) is 11.5 Å². The minimum absolute atomic E-state index is 0.277. The Kier molecular flexibility index (Phi) is 3.83. The molecule has 0 N–H and O–H groups in total. The first-order chi connectivity index (χ1) is 9.81. The molecular weight excluding hydrogens is 276 g/mol. The SMILES string of the molecule is Cc1cnc(CCO/N=C/c2ccc3c(c2)OCO3)s1. The second-order valence-electron chi connectivity index (χ2n) is 4.30. The van der Waals surface area contributed by atoms with Crippen molar-refractivity contribution in [1.82, 2.24) is 4.98 Å². The zero-order valence-corrected chi connectivity index (χ0v) is 11.9. The lowest BCUT2D eigenvalue weighted by Gasteiger charge is -1.98. The predicted molar refractivity (Wildman–Crippen MR) is 76.7 cm³/mol. The van der Waals surface area contributed by atoms with Gasteiger partial charge in [0.2, 0.25) is 6.79 Å². The molecule has 0 radical (unpaired) electrons. The number of hydrogen-bond donors (Lipinski definition) is 0. The normalized spacial score (nSPS) is 13.1. The van der Waals surface area contributed by atoms with Gasteiger partial charge in [0.15, 0.2) is 11.5 Å². The van der Waals surface area contributed by atoms with Gasteiger partial charge in [-0.1, -0.05) is 5.16 Å². The number of oxime groups is 1. The zero-order chi connectivity index (χ0) is 13.8. The van der Waals surface area contributed by atoms with E-state index >= 15 is 0 Å². The van der Waals surface area contributed by atoms with Crippen LogP contribution in [-0.2, 0) is 11.3 Å². The summed E-state index contributed by atoms with van der Waals surface area (Å²) in [6.45, 7) is 2.84. The van der Waals surface area contributed by atoms with Crippen molar-refractivity contribution in [2.75, 3.05) is 13.4 Å². The first-order valence-electron chi connectivity index (χ1n) is 6.27. The highest BCUT2D eigenvalue weighted by atomic mass is 32.1. The molecule has 6 heteroatoms. The van der Waals surface area contributed by atoms with Gasteiger partial charge in [-0.2, -0.15) is 0 Å². The number of aromatic nitrogens is 1. The number of fused-ring (bicyclic) bond motifs is 1. The standard InChI is InChI=1S/C14H14N2O3S/c1-10-7-15-14(20-10)4-5-19-16-8-11-2-3-12-13(6-11)18-9-17-12/h2-3,6-8H,4-5,9H2,1H3/b16-8+. The Bertz CT molecular complexity index is 625. The number of aryl methyl sites for hydroxylation is 1. The summed E-state index contributed by atoms with van der Waals surface area (Å²) in [4.78, 5) is 10.7. The predicted octanol–water partition coefficient (Wildman–Crippen LogP) is 2.77. The second kappa shape index (κ2) is 5.92. The molecule has 104 valence electrons. The van der Waals surface area contributed by atoms with Gasteiger partial charge in [0.05, 0.1) is 11.2 Å². The fraction of sp³-hybridized carbons (Fsp3) is 0.286. The molecule has 1 aliphatic rings. The van der Waals surface area contributed by atoms with Crippen LogP contribution in [0.15, 0.2) is 29.6 Å². The van der Waals surface area contributed by atoms with Gasteiger partial charge in [-0.25, -0.2) is 4.98 Å². The van der Waals surface area contributed by atoms with Crippen LogP contribution < -0.4 is 9.47 Å². The average Bonchev–Trinajstić information content (AvgIpc) is 3.06. The third-order valence-electron chi connectivity index (χ3n) is 2.75. The summed E-state index contributed by atoms with van der Waals surface area (Å²) in [6.07, 6.45) is 4.31. The Hall–Kier alpha value is -2.08. The van der Waals surface area contributed by atoms with Gasteiger partial charge < -0.3 is 14.3 Å². The quantitative estimate of drug-likeness (QED) is 0.483. The van der Waals surface area contributed by atoms with Crippen LogP contribution >= 0.6 is 11.3 Å². The third-order valence-corrected chi connectivity index (χ3v) is 3.72. The highest BCUT2D eigenvalue weighted by Gasteiger charge is 2.12. The molecule has 5 nitrogen and oxygen atoms in total. The van der Waals surface area contributed by atoms with Crippen molar-refractivity contribution >= 4 is 17.6 Å². The first kappa shape index (κ1) is 12.9. The van der Waals surface area contributed by atoms with Gasteiger partial charge in [-0.15, -0.1) is 11.3 Å². The van der Waals surface area contributed by atoms with Crippen LogP contribution in [0.3, 0.4) is 0 Å². The Morgan fingerprint density at radius 1 is 1.40 bits per heavy atom. The summed E-state index contributed by atoms with van der Waals surface area (Å²) in [6, 6.07) is 5.64. The summed E-state index contributed by atoms with van der Waals surface area (Å²) >= 11 is 1.68. The molecule has 0 aliphatic carbocycles. The van der Waals surface area contributed by atoms with E-state index in [2.05, 4.69) is 10.1 Å². The molecule has 0 saturated heterocycles. The van der Waals surface area contributed by atoms with E-state index in [0.717, 1.165) is 28.5 Å². The van der Waals surface area contributed by atoms with Crippen LogP contribution in [0.4, 0.5) is 0 Å². The summed E-state index contributed by atoms with van der Waals surface area (Å²) in [5.74, 6) is 1.51. The van der Waals surface area contributed by atoms with Gasteiger partial charge in [0, 0.05) is 23.1 Å². The third kappa shape index (κ3) is 3.08. The van der Waals surface area contributed by atoms with Crippen LogP contribution in [0.2, 0.25) is 0 Å². The lowest BCUT2D eigenvalue weighted by atomic mass is 10.2. The van der Waals surface area contributed by atoms with Crippen molar-refractivity contribution in [3.05, 3.63) is 39.8 Å². The van der Waals surface area contributed by atoms with Crippen LogP contribution in [0.1, 0.15) is 15.4 Å². The summed E-state index contributed by atoms with van der Waals surface area (Å²) < 4.78 is 10.5. The van der Waals surface area contributed by atoms with Crippen molar-refractivity contribution in [2.45, 2.75) is 13.3 Å². The van der Waals surface area contributed by atoms with E-state index in [1.165, 1.54) is 4.88 Å². The molecule has 3 rings (SSSR count). The molecule has 0 bridgehead atoms. The van der Waals surface area contributed by atoms with E-state index in [1.807, 2.05) is 31.3 Å². The number of thiazole rings is 1. The number of benzene rings is 1. The average molecular weight is 290 g/mol. The summed E-state index contributed by atoms with van der Waals surface area (Å²) in [5, 5.41) is 5.01. The first-order valence-corrected chi connectivity index (χ1v) is 7.09. The Morgan fingerprint density at radius 2 is 2.30 bits per heavy atom. The molecule has 20 heavy (non-hydrogen) atoms. The monoisotopic (exact) mass is 290 g/mol. The van der Waals surface area contributed by atoms with Crippen LogP contribution in [0, 0.1) is 6.92 Å². The van der Waals surface area contributed by atoms with E-state index in [1.54, 1.807) is 17.6 Å². The highest BCUT2D eigenvalue weighted by Crippen LogP contribution is 2.31. The number of rotatable bonds is 5. The fourth-order valence-electron chi connectivity index (χ4n) is 1.79. The zero-order valence-electron chi connectivity index (χ0n) is 11.0. The van der Waals surface area contributed by atoms with E-state index < -0.39 is 0 Å². The molecule has 0 unspecified atom stereocenters. The van der Waals surface area contributed by atoms with E-state index in [4.69, 9.17) is 14.3 Å². The maximum absolute atomic E-state index is 5.30. The Morgan fingerprint density at radius 3 is 3.15 bits per heavy atom. The molecule has 0 fully saturated rings. The van der Waals surface area contributed by atoms with Gasteiger partial charge in [0.1, 0.15) is 6.61 Å². The maximum Gasteiger partial charge on any atom is 0.231 e. The molecule has 0 atom stereocenters. The molecular formula is C14H14N2O3S. The summed E-state index contributed by atoms with van der Waals surface area (Å²) in [5.41, 5.74) is 0.916. The van der Waals surface area contributed by atoms with Crippen LogP contribution in [0.25, 0.3) is 0 Å². The van der Waals surface area contributed by atoms with E-state index in [0.29, 0.717) is 6.61 Å². The maximum atomic E-state index is 5.30. The lowest BCUT2D eigenvalue weighted by Crippen LogP contribution is -1.94. The molecule has 2 aromatic rings. The molecule has 0 saturated carbocycles. The number of hydrogen-bond acceptors (Lipinski definition) is 6. The fourth-order valence-corrected chi connectivity index (χ4v) is 2.56. The number of nitrogens with zero attached hydrogens (tertiary/aromatic N) is 2.